The number of anilines is 1. The Hall–Kier alpha value is -3.53. The van der Waals surface area contributed by atoms with Gasteiger partial charge in [-0.25, -0.2) is 0 Å². The minimum Gasteiger partial charge on any atom is -0.484 e. The van der Waals surface area contributed by atoms with Crippen LogP contribution in [0.1, 0.15) is 10.6 Å². The van der Waals surface area contributed by atoms with Crippen LogP contribution >= 0.6 is 11.3 Å². The number of carbonyl (C=O) groups excluding carboxylic acids is 1. The molecule has 0 atom stereocenters. The molecule has 0 aliphatic heterocycles. The maximum Gasteiger partial charge on any atom is 0.310 e. The summed E-state index contributed by atoms with van der Waals surface area (Å²) in [5.41, 5.74) is 0.968. The number of hydrogen-bond acceptors (Lipinski definition) is 8. The van der Waals surface area contributed by atoms with Crippen LogP contribution in [0, 0.1) is 17.0 Å². The van der Waals surface area contributed by atoms with E-state index >= 15 is 0 Å². The molecule has 0 saturated heterocycles. The number of ether oxygens (including phenoxy) is 2. The Kier molecular flexibility index (Phi) is 6.12. The third-order valence-electron chi connectivity index (χ3n) is 3.52. The predicted octanol–water partition coefficient (Wildman–Crippen LogP) is 3.35. The molecule has 144 valence electrons. The van der Waals surface area contributed by atoms with Gasteiger partial charge in [0.15, 0.2) is 17.4 Å². The van der Waals surface area contributed by atoms with E-state index in [0.717, 1.165) is 16.9 Å². The summed E-state index contributed by atoms with van der Waals surface area (Å²) in [6.45, 7) is 1.80. The monoisotopic (exact) mass is 400 g/mol. The van der Waals surface area contributed by atoms with E-state index in [1.807, 2.05) is 19.1 Å². The van der Waals surface area contributed by atoms with E-state index in [-0.39, 0.29) is 30.6 Å². The fourth-order valence-corrected chi connectivity index (χ4v) is 2.84. The quantitative estimate of drug-likeness (QED) is 0.455. The summed E-state index contributed by atoms with van der Waals surface area (Å²) >= 11 is 1.11. The van der Waals surface area contributed by atoms with Gasteiger partial charge in [0.2, 0.25) is 5.13 Å². The van der Waals surface area contributed by atoms with Gasteiger partial charge in [0.1, 0.15) is 12.4 Å². The van der Waals surface area contributed by atoms with Crippen molar-refractivity contribution in [3.05, 3.63) is 69.2 Å². The molecule has 3 aromatic rings. The summed E-state index contributed by atoms with van der Waals surface area (Å²) in [7, 11) is 0. The van der Waals surface area contributed by atoms with E-state index in [2.05, 4.69) is 15.5 Å². The van der Waals surface area contributed by atoms with Gasteiger partial charge < -0.3 is 9.47 Å². The zero-order valence-electron chi connectivity index (χ0n) is 14.8. The van der Waals surface area contributed by atoms with E-state index in [1.54, 1.807) is 24.3 Å². The number of nitrogens with zero attached hydrogens (tertiary/aromatic N) is 3. The van der Waals surface area contributed by atoms with Crippen molar-refractivity contribution in [2.75, 3.05) is 11.9 Å². The van der Waals surface area contributed by atoms with Crippen molar-refractivity contribution in [2.45, 2.75) is 13.5 Å². The van der Waals surface area contributed by atoms with Crippen molar-refractivity contribution < 1.29 is 19.2 Å². The zero-order valence-corrected chi connectivity index (χ0v) is 15.6. The van der Waals surface area contributed by atoms with Crippen LogP contribution in [0.15, 0.2) is 48.5 Å². The Morgan fingerprint density at radius 2 is 1.89 bits per heavy atom. The van der Waals surface area contributed by atoms with Gasteiger partial charge in [-0.05, 0) is 25.1 Å². The van der Waals surface area contributed by atoms with E-state index in [9.17, 15) is 14.9 Å². The lowest BCUT2D eigenvalue weighted by Crippen LogP contribution is -2.20. The zero-order chi connectivity index (χ0) is 19.9. The molecule has 1 aromatic heterocycles. The van der Waals surface area contributed by atoms with Gasteiger partial charge >= 0.3 is 5.69 Å². The molecular formula is C18H16N4O5S. The average molecular weight is 400 g/mol. The minimum atomic E-state index is -0.519. The van der Waals surface area contributed by atoms with Crippen LogP contribution in [0.2, 0.25) is 0 Å². The molecule has 0 bridgehead atoms. The predicted molar refractivity (Wildman–Crippen MR) is 103 cm³/mol. The van der Waals surface area contributed by atoms with E-state index in [1.165, 1.54) is 12.1 Å². The molecule has 28 heavy (non-hydrogen) atoms. The number of hydrogen-bond donors (Lipinski definition) is 1. The molecule has 2 aromatic carbocycles. The lowest BCUT2D eigenvalue weighted by molar-refractivity contribution is -0.385. The number of nitrogens with one attached hydrogen (secondary N) is 1. The van der Waals surface area contributed by atoms with Crippen LogP contribution in [0.25, 0.3) is 0 Å². The highest BCUT2D eigenvalue weighted by Gasteiger charge is 2.15. The van der Waals surface area contributed by atoms with Gasteiger partial charge in [0.25, 0.3) is 5.91 Å². The second-order valence-corrected chi connectivity index (χ2v) is 6.73. The third-order valence-corrected chi connectivity index (χ3v) is 4.33. The smallest absolute Gasteiger partial charge is 0.310 e. The number of aromatic nitrogens is 2. The SMILES string of the molecule is Cc1ccc(OCC(=O)Nc2nnc(COc3ccccc3[N+](=O)[O-])s2)cc1. The molecule has 10 heteroatoms. The first-order valence-electron chi connectivity index (χ1n) is 8.19. The fraction of sp³-hybridized carbons (Fsp3) is 0.167. The molecule has 9 nitrogen and oxygen atoms in total. The van der Waals surface area contributed by atoms with Gasteiger partial charge in [0.05, 0.1) is 4.92 Å². The number of benzene rings is 2. The van der Waals surface area contributed by atoms with Crippen molar-refractivity contribution >= 4 is 28.1 Å². The van der Waals surface area contributed by atoms with Crippen molar-refractivity contribution in [2.24, 2.45) is 0 Å². The highest BCUT2D eigenvalue weighted by atomic mass is 32.1. The Morgan fingerprint density at radius 3 is 2.64 bits per heavy atom. The molecule has 1 heterocycles. The van der Waals surface area contributed by atoms with Crippen LogP contribution in [0.5, 0.6) is 11.5 Å². The molecule has 3 rings (SSSR count). The van der Waals surface area contributed by atoms with Gasteiger partial charge in [-0.1, -0.05) is 41.2 Å². The standard InChI is InChI=1S/C18H16N4O5S/c1-12-6-8-13(9-7-12)26-10-16(23)19-18-21-20-17(28-18)11-27-15-5-3-2-4-14(15)22(24)25/h2-9H,10-11H2,1H3,(H,19,21,23). The molecule has 0 unspecified atom stereocenters. The number of nitro benzene ring substituents is 1. The van der Waals surface area contributed by atoms with Gasteiger partial charge in [0, 0.05) is 6.07 Å². The van der Waals surface area contributed by atoms with E-state index in [0.29, 0.717) is 15.9 Å². The summed E-state index contributed by atoms with van der Waals surface area (Å²) in [6, 6.07) is 13.4. The number of nitro groups is 1. The second kappa shape index (κ2) is 8.91. The molecule has 0 saturated carbocycles. The van der Waals surface area contributed by atoms with E-state index in [4.69, 9.17) is 9.47 Å². The summed E-state index contributed by atoms with van der Waals surface area (Å²) in [5.74, 6) is 0.360. The van der Waals surface area contributed by atoms with Crippen LogP contribution in [-0.2, 0) is 11.4 Å². The second-order valence-electron chi connectivity index (χ2n) is 5.66. The minimum absolute atomic E-state index is 0.00173. The molecule has 0 spiro atoms. The van der Waals surface area contributed by atoms with Gasteiger partial charge in [-0.15, -0.1) is 10.2 Å². The molecule has 1 N–H and O–H groups in total. The maximum atomic E-state index is 12.0. The van der Waals surface area contributed by atoms with Gasteiger partial charge in [-0.3, -0.25) is 20.2 Å². The number of para-hydroxylation sites is 2. The lowest BCUT2D eigenvalue weighted by atomic mass is 10.2. The van der Waals surface area contributed by atoms with Crippen LogP contribution < -0.4 is 14.8 Å². The first-order valence-corrected chi connectivity index (χ1v) is 9.01. The lowest BCUT2D eigenvalue weighted by Gasteiger charge is -2.05. The van der Waals surface area contributed by atoms with Crippen molar-refractivity contribution in [3.63, 3.8) is 0 Å². The summed E-state index contributed by atoms with van der Waals surface area (Å²) in [4.78, 5) is 22.4. The number of amides is 1. The third kappa shape index (κ3) is 5.24. The van der Waals surface area contributed by atoms with Crippen LogP contribution in [0.4, 0.5) is 10.8 Å². The number of carbonyl (C=O) groups is 1. The first kappa shape index (κ1) is 19.2. The van der Waals surface area contributed by atoms with Crippen molar-refractivity contribution in [3.8, 4) is 11.5 Å². The van der Waals surface area contributed by atoms with Gasteiger partial charge in [-0.2, -0.15) is 0 Å². The molecule has 0 radical (unpaired) electrons. The summed E-state index contributed by atoms with van der Waals surface area (Å²) < 4.78 is 10.8. The molecule has 0 aliphatic rings. The average Bonchev–Trinajstić information content (AvgIpc) is 3.13. The summed E-state index contributed by atoms with van der Waals surface area (Å²) in [5, 5.41) is 22.1. The number of rotatable bonds is 8. The Labute approximate surface area is 164 Å². The summed E-state index contributed by atoms with van der Waals surface area (Å²) in [6.07, 6.45) is 0. The molecule has 0 fully saturated rings. The Balaban J connectivity index is 1.50. The Bertz CT molecular complexity index is 974. The van der Waals surface area contributed by atoms with Crippen LogP contribution in [-0.4, -0.2) is 27.6 Å². The highest BCUT2D eigenvalue weighted by Crippen LogP contribution is 2.27. The highest BCUT2D eigenvalue weighted by molar-refractivity contribution is 7.15. The fourth-order valence-electron chi connectivity index (χ4n) is 2.17. The molecule has 0 aliphatic carbocycles. The first-order chi connectivity index (χ1) is 13.5. The van der Waals surface area contributed by atoms with E-state index < -0.39 is 4.92 Å². The van der Waals surface area contributed by atoms with Crippen LogP contribution in [0.3, 0.4) is 0 Å². The van der Waals surface area contributed by atoms with Crippen molar-refractivity contribution in [1.29, 1.82) is 0 Å². The largest absolute Gasteiger partial charge is 0.484 e. The molecule has 1 amide bonds. The Morgan fingerprint density at radius 1 is 1.14 bits per heavy atom. The maximum absolute atomic E-state index is 12.0. The molecular weight excluding hydrogens is 384 g/mol. The topological polar surface area (TPSA) is 116 Å². The van der Waals surface area contributed by atoms with Crippen molar-refractivity contribution in [1.82, 2.24) is 10.2 Å². The number of aryl methyl sites for hydroxylation is 1. The normalized spacial score (nSPS) is 10.3.